The van der Waals surface area contributed by atoms with Gasteiger partial charge >= 0.3 is 5.97 Å². The number of rotatable bonds is 4. The van der Waals surface area contributed by atoms with Crippen LogP contribution in [0.3, 0.4) is 0 Å². The van der Waals surface area contributed by atoms with Crippen molar-refractivity contribution in [3.63, 3.8) is 0 Å². The second-order valence-corrected chi connectivity index (χ2v) is 5.95. The lowest BCUT2D eigenvalue weighted by Gasteiger charge is -2.23. The summed E-state index contributed by atoms with van der Waals surface area (Å²) in [6, 6.07) is 0.114. The Morgan fingerprint density at radius 1 is 1.26 bits per heavy atom. The Morgan fingerprint density at radius 3 is 2.74 bits per heavy atom. The number of fused-ring (bicyclic) bond motifs is 2. The summed E-state index contributed by atoms with van der Waals surface area (Å²) in [6.07, 6.45) is 6.14. The summed E-state index contributed by atoms with van der Waals surface area (Å²) in [5.41, 5.74) is 0. The average Bonchev–Trinajstić information content (AvgIpc) is 3.11. The summed E-state index contributed by atoms with van der Waals surface area (Å²) in [6.45, 7) is 0.814. The molecule has 0 aromatic rings. The maximum atomic E-state index is 12.3. The first-order valence-electron chi connectivity index (χ1n) is 7.32. The predicted octanol–water partition coefficient (Wildman–Crippen LogP) is 1.41. The summed E-state index contributed by atoms with van der Waals surface area (Å²) in [4.78, 5) is 25.3. The zero-order chi connectivity index (χ0) is 13.4. The molecule has 106 valence electrons. The van der Waals surface area contributed by atoms with Crippen molar-refractivity contribution in [1.29, 1.82) is 0 Å². The molecule has 4 unspecified atom stereocenters. The highest BCUT2D eigenvalue weighted by Crippen LogP contribution is 2.42. The number of aliphatic carboxylic acids is 1. The van der Waals surface area contributed by atoms with E-state index in [0.717, 1.165) is 38.7 Å². The van der Waals surface area contributed by atoms with E-state index in [2.05, 4.69) is 0 Å². The van der Waals surface area contributed by atoms with Gasteiger partial charge in [-0.1, -0.05) is 0 Å². The average molecular weight is 267 g/mol. The van der Waals surface area contributed by atoms with Gasteiger partial charge < -0.3 is 14.7 Å². The molecule has 4 atom stereocenters. The maximum absolute atomic E-state index is 12.3. The standard InChI is InChI=1S/C14H21NO4/c16-13(6-4-10-2-1-7-19-10)15-9-3-5-12(15)11(8-9)14(17)18/h9-12H,1-8H2,(H,17,18). The number of carboxylic acid groups (broad SMARTS) is 1. The number of carboxylic acids is 1. The van der Waals surface area contributed by atoms with Crippen LogP contribution in [0, 0.1) is 5.92 Å². The Hall–Kier alpha value is -1.10. The number of amides is 1. The molecule has 3 aliphatic heterocycles. The van der Waals surface area contributed by atoms with E-state index in [-0.39, 0.29) is 30.0 Å². The van der Waals surface area contributed by atoms with Crippen molar-refractivity contribution in [2.24, 2.45) is 5.92 Å². The minimum absolute atomic E-state index is 0.0560. The van der Waals surface area contributed by atoms with Crippen molar-refractivity contribution < 1.29 is 19.4 Å². The fourth-order valence-corrected chi connectivity index (χ4v) is 3.93. The molecule has 3 heterocycles. The molecule has 0 radical (unpaired) electrons. The van der Waals surface area contributed by atoms with E-state index in [1.807, 2.05) is 4.90 Å². The maximum Gasteiger partial charge on any atom is 0.308 e. The highest BCUT2D eigenvalue weighted by atomic mass is 16.5. The van der Waals surface area contributed by atoms with Crippen molar-refractivity contribution in [1.82, 2.24) is 4.90 Å². The van der Waals surface area contributed by atoms with Gasteiger partial charge in [-0.3, -0.25) is 9.59 Å². The van der Waals surface area contributed by atoms with Gasteiger partial charge in [-0.15, -0.1) is 0 Å². The van der Waals surface area contributed by atoms with Gasteiger partial charge in [0.15, 0.2) is 0 Å². The normalized spacial score (nSPS) is 36.9. The van der Waals surface area contributed by atoms with E-state index >= 15 is 0 Å². The van der Waals surface area contributed by atoms with Crippen LogP contribution in [0.1, 0.15) is 44.9 Å². The van der Waals surface area contributed by atoms with Crippen LogP contribution in [0.5, 0.6) is 0 Å². The number of hydrogen-bond donors (Lipinski definition) is 1. The molecule has 5 nitrogen and oxygen atoms in total. The number of nitrogens with zero attached hydrogens (tertiary/aromatic N) is 1. The van der Waals surface area contributed by atoms with Crippen molar-refractivity contribution >= 4 is 11.9 Å². The molecule has 0 aromatic heterocycles. The van der Waals surface area contributed by atoms with Crippen LogP contribution in [-0.4, -0.2) is 46.7 Å². The number of carbonyl (C=O) groups is 2. The Labute approximate surface area is 112 Å². The quantitative estimate of drug-likeness (QED) is 0.836. The van der Waals surface area contributed by atoms with Gasteiger partial charge in [-0.05, 0) is 38.5 Å². The van der Waals surface area contributed by atoms with Crippen molar-refractivity contribution in [3.8, 4) is 0 Å². The molecule has 0 aliphatic carbocycles. The van der Waals surface area contributed by atoms with Crippen LogP contribution in [0.25, 0.3) is 0 Å². The first-order chi connectivity index (χ1) is 9.16. The zero-order valence-electron chi connectivity index (χ0n) is 11.1. The van der Waals surface area contributed by atoms with Crippen LogP contribution < -0.4 is 0 Å². The third-order valence-corrected chi connectivity index (χ3v) is 4.85. The molecule has 3 aliphatic rings. The van der Waals surface area contributed by atoms with Crippen LogP contribution in [0.4, 0.5) is 0 Å². The van der Waals surface area contributed by atoms with E-state index in [4.69, 9.17) is 4.74 Å². The van der Waals surface area contributed by atoms with Crippen LogP contribution >= 0.6 is 0 Å². The molecule has 1 N–H and O–H groups in total. The Kier molecular flexibility index (Phi) is 3.48. The van der Waals surface area contributed by atoms with E-state index in [0.29, 0.717) is 12.8 Å². The summed E-state index contributed by atoms with van der Waals surface area (Å²) in [5.74, 6) is -0.957. The van der Waals surface area contributed by atoms with Gasteiger partial charge in [-0.2, -0.15) is 0 Å². The molecular weight excluding hydrogens is 246 g/mol. The van der Waals surface area contributed by atoms with E-state index in [9.17, 15) is 14.7 Å². The molecule has 3 rings (SSSR count). The lowest BCUT2D eigenvalue weighted by atomic mass is 9.89. The lowest BCUT2D eigenvalue weighted by molar-refractivity contribution is -0.143. The van der Waals surface area contributed by atoms with Gasteiger partial charge in [0.05, 0.1) is 12.0 Å². The first-order valence-corrected chi connectivity index (χ1v) is 7.32. The van der Waals surface area contributed by atoms with Crippen LogP contribution in [0.15, 0.2) is 0 Å². The minimum atomic E-state index is -0.746. The predicted molar refractivity (Wildman–Crippen MR) is 67.6 cm³/mol. The SMILES string of the molecule is O=C(O)C1CC2CCC1N2C(=O)CCC1CCCO1. The fourth-order valence-electron chi connectivity index (χ4n) is 3.93. The number of carbonyl (C=O) groups excluding carboxylic acids is 1. The van der Waals surface area contributed by atoms with E-state index in [1.54, 1.807) is 0 Å². The van der Waals surface area contributed by atoms with Crippen molar-refractivity contribution in [2.75, 3.05) is 6.61 Å². The molecule has 0 aromatic carbocycles. The van der Waals surface area contributed by atoms with Crippen molar-refractivity contribution in [3.05, 3.63) is 0 Å². The molecule has 5 heteroatoms. The molecule has 1 amide bonds. The third kappa shape index (κ3) is 2.36. The Bertz CT molecular complexity index is 378. The molecule has 0 spiro atoms. The minimum Gasteiger partial charge on any atom is -0.481 e. The summed E-state index contributed by atoms with van der Waals surface area (Å²) in [7, 11) is 0. The van der Waals surface area contributed by atoms with Gasteiger partial charge in [0, 0.05) is 25.1 Å². The topological polar surface area (TPSA) is 66.8 Å². The molecular formula is C14H21NO4. The zero-order valence-corrected chi connectivity index (χ0v) is 11.1. The Balaban J connectivity index is 1.56. The molecule has 2 bridgehead atoms. The second-order valence-electron chi connectivity index (χ2n) is 5.95. The molecule has 3 fully saturated rings. The first kappa shape index (κ1) is 12.9. The second kappa shape index (κ2) is 5.12. The summed E-state index contributed by atoms with van der Waals surface area (Å²) >= 11 is 0. The molecule has 0 saturated carbocycles. The number of ether oxygens (including phenoxy) is 1. The van der Waals surface area contributed by atoms with Crippen LogP contribution in [0.2, 0.25) is 0 Å². The third-order valence-electron chi connectivity index (χ3n) is 4.85. The molecule has 3 saturated heterocycles. The fraction of sp³-hybridized carbons (Fsp3) is 0.857. The summed E-state index contributed by atoms with van der Waals surface area (Å²) in [5, 5.41) is 9.18. The van der Waals surface area contributed by atoms with Crippen molar-refractivity contribution in [2.45, 2.75) is 63.1 Å². The summed E-state index contributed by atoms with van der Waals surface area (Å²) < 4.78 is 5.53. The monoisotopic (exact) mass is 267 g/mol. The van der Waals surface area contributed by atoms with Gasteiger partial charge in [0.1, 0.15) is 0 Å². The van der Waals surface area contributed by atoms with Gasteiger partial charge in [0.2, 0.25) is 5.91 Å². The molecule has 19 heavy (non-hydrogen) atoms. The number of hydrogen-bond acceptors (Lipinski definition) is 3. The lowest BCUT2D eigenvalue weighted by Crippen LogP contribution is -2.38. The Morgan fingerprint density at radius 2 is 2.11 bits per heavy atom. The van der Waals surface area contributed by atoms with Crippen LogP contribution in [-0.2, 0) is 14.3 Å². The largest absolute Gasteiger partial charge is 0.481 e. The van der Waals surface area contributed by atoms with E-state index < -0.39 is 5.97 Å². The highest BCUT2D eigenvalue weighted by molar-refractivity contribution is 5.80. The van der Waals surface area contributed by atoms with Gasteiger partial charge in [-0.25, -0.2) is 0 Å². The van der Waals surface area contributed by atoms with Gasteiger partial charge in [0.25, 0.3) is 0 Å². The smallest absolute Gasteiger partial charge is 0.308 e. The van der Waals surface area contributed by atoms with E-state index in [1.165, 1.54) is 0 Å². The highest BCUT2D eigenvalue weighted by Gasteiger charge is 2.50.